The Morgan fingerprint density at radius 3 is 2.56 bits per heavy atom. The summed E-state index contributed by atoms with van der Waals surface area (Å²) in [6.45, 7) is 7.28. The van der Waals surface area contributed by atoms with Crippen molar-refractivity contribution in [2.45, 2.75) is 39.4 Å². The molecule has 1 aromatic carbocycles. The van der Waals surface area contributed by atoms with Crippen molar-refractivity contribution in [3.8, 4) is 5.75 Å². The van der Waals surface area contributed by atoms with Crippen LogP contribution in [0.3, 0.4) is 0 Å². The number of ether oxygens (including phenoxy) is 2. The molecule has 0 spiro atoms. The molecule has 1 atom stereocenters. The Kier molecular flexibility index (Phi) is 5.98. The Bertz CT molecular complexity index is 384. The topological polar surface area (TPSA) is 35.5 Å². The van der Waals surface area contributed by atoms with Gasteiger partial charge in [-0.2, -0.15) is 0 Å². The molecule has 0 N–H and O–H groups in total. The molecular weight excluding hydrogens is 228 g/mol. The zero-order chi connectivity index (χ0) is 13.4. The van der Waals surface area contributed by atoms with Crippen LogP contribution in [0.1, 0.15) is 33.1 Å². The molecule has 0 bridgehead atoms. The SMILES string of the molecule is C=C(C)C(=O)OC(CCCC)Oc1ccccc1. The Hall–Kier alpha value is -1.77. The molecule has 0 aliphatic rings. The second-order valence-corrected chi connectivity index (χ2v) is 4.19. The first kappa shape index (κ1) is 14.3. The van der Waals surface area contributed by atoms with E-state index in [9.17, 15) is 4.79 Å². The van der Waals surface area contributed by atoms with E-state index in [1.807, 2.05) is 30.3 Å². The fourth-order valence-corrected chi connectivity index (χ4v) is 1.38. The average molecular weight is 248 g/mol. The lowest BCUT2D eigenvalue weighted by molar-refractivity contribution is -0.159. The molecule has 0 aliphatic carbocycles. The van der Waals surface area contributed by atoms with Crippen molar-refractivity contribution in [2.75, 3.05) is 0 Å². The van der Waals surface area contributed by atoms with Crippen LogP contribution in [0.25, 0.3) is 0 Å². The normalized spacial score (nSPS) is 11.7. The van der Waals surface area contributed by atoms with Crippen molar-refractivity contribution < 1.29 is 14.3 Å². The highest BCUT2D eigenvalue weighted by molar-refractivity contribution is 5.87. The summed E-state index contributed by atoms with van der Waals surface area (Å²) < 4.78 is 10.9. The monoisotopic (exact) mass is 248 g/mol. The Balaban J connectivity index is 2.60. The van der Waals surface area contributed by atoms with Gasteiger partial charge in [0.15, 0.2) is 0 Å². The lowest BCUT2D eigenvalue weighted by Crippen LogP contribution is -2.24. The van der Waals surface area contributed by atoms with E-state index >= 15 is 0 Å². The predicted molar refractivity (Wildman–Crippen MR) is 71.3 cm³/mol. The van der Waals surface area contributed by atoms with Crippen molar-refractivity contribution >= 4 is 5.97 Å². The molecule has 0 heterocycles. The molecule has 1 unspecified atom stereocenters. The lowest BCUT2D eigenvalue weighted by Gasteiger charge is -2.19. The minimum absolute atomic E-state index is 0.383. The van der Waals surface area contributed by atoms with Gasteiger partial charge in [0.05, 0.1) is 0 Å². The standard InChI is InChI=1S/C15H20O3/c1-4-5-11-14(18-15(16)12(2)3)17-13-9-7-6-8-10-13/h6-10,14H,2,4-5,11H2,1,3H3. The molecule has 0 amide bonds. The summed E-state index contributed by atoms with van der Waals surface area (Å²) in [7, 11) is 0. The molecule has 18 heavy (non-hydrogen) atoms. The van der Waals surface area contributed by atoms with Crippen LogP contribution in [-0.4, -0.2) is 12.3 Å². The molecule has 3 heteroatoms. The number of hydrogen-bond donors (Lipinski definition) is 0. The first-order chi connectivity index (χ1) is 8.63. The van der Waals surface area contributed by atoms with Gasteiger partial charge in [0, 0.05) is 12.0 Å². The highest BCUT2D eigenvalue weighted by atomic mass is 16.7. The Labute approximate surface area is 108 Å². The van der Waals surface area contributed by atoms with E-state index in [1.165, 1.54) is 0 Å². The van der Waals surface area contributed by atoms with Crippen LogP contribution in [0, 0.1) is 0 Å². The van der Waals surface area contributed by atoms with E-state index in [0.717, 1.165) is 12.8 Å². The smallest absolute Gasteiger partial charge is 0.336 e. The third-order valence-corrected chi connectivity index (χ3v) is 2.39. The summed E-state index contributed by atoms with van der Waals surface area (Å²) >= 11 is 0. The van der Waals surface area contributed by atoms with E-state index in [-0.39, 0.29) is 0 Å². The van der Waals surface area contributed by atoms with Crippen LogP contribution < -0.4 is 4.74 Å². The predicted octanol–water partition coefficient (Wildman–Crippen LogP) is 3.70. The number of esters is 1. The quantitative estimate of drug-likeness (QED) is 0.419. The summed E-state index contributed by atoms with van der Waals surface area (Å²) in [5.74, 6) is 0.292. The zero-order valence-corrected chi connectivity index (χ0v) is 11.0. The fourth-order valence-electron chi connectivity index (χ4n) is 1.38. The Morgan fingerprint density at radius 1 is 1.33 bits per heavy atom. The lowest BCUT2D eigenvalue weighted by atomic mass is 10.2. The van der Waals surface area contributed by atoms with Gasteiger partial charge in [-0.1, -0.05) is 38.1 Å². The zero-order valence-electron chi connectivity index (χ0n) is 11.0. The molecule has 0 aliphatic heterocycles. The third-order valence-electron chi connectivity index (χ3n) is 2.39. The van der Waals surface area contributed by atoms with Gasteiger partial charge < -0.3 is 9.47 Å². The van der Waals surface area contributed by atoms with E-state index in [2.05, 4.69) is 13.5 Å². The van der Waals surface area contributed by atoms with E-state index in [1.54, 1.807) is 6.92 Å². The second-order valence-electron chi connectivity index (χ2n) is 4.19. The van der Waals surface area contributed by atoms with Crippen molar-refractivity contribution in [1.29, 1.82) is 0 Å². The van der Waals surface area contributed by atoms with Crippen LogP contribution in [0.15, 0.2) is 42.5 Å². The molecule has 1 aromatic rings. The highest BCUT2D eigenvalue weighted by Crippen LogP contribution is 2.16. The maximum absolute atomic E-state index is 11.5. The number of para-hydroxylation sites is 1. The van der Waals surface area contributed by atoms with Gasteiger partial charge in [-0.25, -0.2) is 4.79 Å². The van der Waals surface area contributed by atoms with Gasteiger partial charge in [0.1, 0.15) is 5.75 Å². The maximum atomic E-state index is 11.5. The number of rotatable bonds is 7. The van der Waals surface area contributed by atoms with Crippen molar-refractivity contribution in [3.05, 3.63) is 42.5 Å². The molecular formula is C15H20O3. The summed E-state index contributed by atoms with van der Waals surface area (Å²) in [6.07, 6.45) is 2.11. The molecule has 98 valence electrons. The van der Waals surface area contributed by atoms with Crippen molar-refractivity contribution in [1.82, 2.24) is 0 Å². The van der Waals surface area contributed by atoms with Gasteiger partial charge in [0.25, 0.3) is 0 Å². The summed E-state index contributed by atoms with van der Waals surface area (Å²) in [6, 6.07) is 9.36. The minimum Gasteiger partial charge on any atom is -0.455 e. The molecule has 1 rings (SSSR count). The number of benzene rings is 1. The first-order valence-electron chi connectivity index (χ1n) is 6.21. The molecule has 0 fully saturated rings. The van der Waals surface area contributed by atoms with E-state index in [4.69, 9.17) is 9.47 Å². The average Bonchev–Trinajstić information content (AvgIpc) is 2.37. The number of carbonyl (C=O) groups excluding carboxylic acids is 1. The van der Waals surface area contributed by atoms with Crippen LogP contribution in [0.2, 0.25) is 0 Å². The molecule has 3 nitrogen and oxygen atoms in total. The molecule has 0 radical (unpaired) electrons. The van der Waals surface area contributed by atoms with Gasteiger partial charge in [-0.15, -0.1) is 0 Å². The highest BCUT2D eigenvalue weighted by Gasteiger charge is 2.15. The van der Waals surface area contributed by atoms with Crippen molar-refractivity contribution in [2.24, 2.45) is 0 Å². The maximum Gasteiger partial charge on any atom is 0.336 e. The van der Waals surface area contributed by atoms with Crippen LogP contribution in [-0.2, 0) is 9.53 Å². The van der Waals surface area contributed by atoms with Crippen LogP contribution in [0.4, 0.5) is 0 Å². The number of carbonyl (C=O) groups is 1. The van der Waals surface area contributed by atoms with Gasteiger partial charge >= 0.3 is 5.97 Å². The summed E-state index contributed by atoms with van der Waals surface area (Å²) in [5, 5.41) is 0. The van der Waals surface area contributed by atoms with E-state index < -0.39 is 12.3 Å². The minimum atomic E-state index is -0.545. The van der Waals surface area contributed by atoms with Crippen LogP contribution >= 0.6 is 0 Å². The van der Waals surface area contributed by atoms with Crippen molar-refractivity contribution in [3.63, 3.8) is 0 Å². The Morgan fingerprint density at radius 2 is 2.00 bits per heavy atom. The second kappa shape index (κ2) is 7.54. The molecule has 0 saturated carbocycles. The summed E-state index contributed by atoms with van der Waals surface area (Å²) in [4.78, 5) is 11.5. The van der Waals surface area contributed by atoms with Crippen LogP contribution in [0.5, 0.6) is 5.75 Å². The summed E-state index contributed by atoms with van der Waals surface area (Å²) in [5.41, 5.74) is 0.383. The number of hydrogen-bond acceptors (Lipinski definition) is 3. The fraction of sp³-hybridized carbons (Fsp3) is 0.400. The van der Waals surface area contributed by atoms with Gasteiger partial charge in [0.2, 0.25) is 6.29 Å². The largest absolute Gasteiger partial charge is 0.455 e. The number of unbranched alkanes of at least 4 members (excludes halogenated alkanes) is 1. The first-order valence-corrected chi connectivity index (χ1v) is 6.21. The van der Waals surface area contributed by atoms with Gasteiger partial charge in [-0.3, -0.25) is 0 Å². The molecule has 0 saturated heterocycles. The van der Waals surface area contributed by atoms with E-state index in [0.29, 0.717) is 17.7 Å². The third kappa shape index (κ3) is 5.04. The van der Waals surface area contributed by atoms with Gasteiger partial charge in [-0.05, 0) is 25.5 Å². The molecule has 0 aromatic heterocycles.